The smallest absolute Gasteiger partial charge is 0.309 e. The Bertz CT molecular complexity index is 1590. The Labute approximate surface area is 345 Å². The molecule has 0 aliphatic heterocycles. The second-order valence-corrected chi connectivity index (χ2v) is 16.2. The van der Waals surface area contributed by atoms with Crippen LogP contribution in [0, 0.1) is 17.8 Å². The normalized spacial score (nSPS) is 14.1. The molecule has 0 saturated carbocycles. The molecule has 316 valence electrons. The first-order valence-electron chi connectivity index (χ1n) is 20.9. The number of nitrogens with one attached hydrogen (secondary N) is 1. The monoisotopic (exact) mass is 808 g/mol. The van der Waals surface area contributed by atoms with Gasteiger partial charge in [0.15, 0.2) is 0 Å². The highest BCUT2D eigenvalue weighted by Gasteiger charge is 2.32. The number of benzene rings is 2. The van der Waals surface area contributed by atoms with Gasteiger partial charge in [-0.3, -0.25) is 14.4 Å². The Morgan fingerprint density at radius 2 is 1.65 bits per heavy atom. The van der Waals surface area contributed by atoms with Crippen molar-refractivity contribution >= 4 is 29.1 Å². The zero-order valence-corrected chi connectivity index (χ0v) is 36.2. The van der Waals surface area contributed by atoms with Crippen molar-refractivity contribution in [3.63, 3.8) is 0 Å². The molecule has 11 nitrogen and oxygen atoms in total. The van der Waals surface area contributed by atoms with E-state index >= 15 is 0 Å². The van der Waals surface area contributed by atoms with Gasteiger partial charge < -0.3 is 34.9 Å². The maximum Gasteiger partial charge on any atom is 0.309 e. The number of rotatable bonds is 28. The highest BCUT2D eigenvalue weighted by atomic mass is 32.1. The molecule has 1 unspecified atom stereocenters. The lowest BCUT2D eigenvalue weighted by atomic mass is 9.95. The third-order valence-electron chi connectivity index (χ3n) is 10.0. The number of carbonyl (C=O) groups excluding carboxylic acids is 3. The molecule has 0 radical (unpaired) electrons. The molecule has 5 atom stereocenters. The summed E-state index contributed by atoms with van der Waals surface area (Å²) >= 11 is 1.38. The van der Waals surface area contributed by atoms with Crippen LogP contribution in [0.1, 0.15) is 126 Å². The molecular formula is C45H68N4O7S. The van der Waals surface area contributed by atoms with Crippen LogP contribution in [0.3, 0.4) is 0 Å². The maximum absolute atomic E-state index is 13.9. The van der Waals surface area contributed by atoms with E-state index in [4.69, 9.17) is 29.7 Å². The van der Waals surface area contributed by atoms with Crippen LogP contribution in [0.4, 0.5) is 0 Å². The van der Waals surface area contributed by atoms with E-state index in [1.54, 1.807) is 5.38 Å². The standard InChI is InChI=1S/C45H68N4O7S/c1-8-23-55-41(28-40(32(4)5)49(31-53-10-3)42(50)25-33(6)9-2)44-48-39(30-57-44)43(51)47-37(26-34(7)45(52)56-29-36-16-12-11-13-17-36)27-35-18-20-38(21-19-35)54-24-15-14-22-46/h11-13,16-21,30,32-34,37,40-41H,8-10,14-15,22-29,31,46H2,1-7H3,(H,47,51)/t33-,34-,37+,40?,41+/m0/s1. The van der Waals surface area contributed by atoms with E-state index in [2.05, 4.69) is 39.9 Å². The molecular weight excluding hydrogens is 741 g/mol. The SMILES string of the molecule is CCCO[C@H](CC(C(C)C)N(COCC)C(=O)C[C@@H](C)CC)c1nc(C(=O)N[C@@H](Cc2ccc(OCCCCN)cc2)C[C@H](C)C(=O)OCc2ccccc2)cs1. The van der Waals surface area contributed by atoms with Gasteiger partial charge in [0.25, 0.3) is 5.91 Å². The lowest BCUT2D eigenvalue weighted by molar-refractivity contribution is -0.149. The van der Waals surface area contributed by atoms with Crippen molar-refractivity contribution in [3.05, 3.63) is 81.8 Å². The number of nitrogens with zero attached hydrogens (tertiary/aromatic N) is 2. The molecule has 0 aliphatic rings. The Morgan fingerprint density at radius 3 is 2.30 bits per heavy atom. The highest BCUT2D eigenvalue weighted by Crippen LogP contribution is 2.31. The van der Waals surface area contributed by atoms with Gasteiger partial charge in [0.05, 0.1) is 12.5 Å². The number of aromatic nitrogens is 1. The number of hydrogen-bond donors (Lipinski definition) is 2. The van der Waals surface area contributed by atoms with Gasteiger partial charge in [-0.15, -0.1) is 11.3 Å². The van der Waals surface area contributed by atoms with Gasteiger partial charge in [0.2, 0.25) is 5.91 Å². The first-order valence-corrected chi connectivity index (χ1v) is 21.7. The molecule has 0 bridgehead atoms. The number of thiazole rings is 1. The molecule has 3 aromatic rings. The van der Waals surface area contributed by atoms with Gasteiger partial charge in [-0.25, -0.2) is 4.98 Å². The number of ether oxygens (including phenoxy) is 4. The third-order valence-corrected chi connectivity index (χ3v) is 11.0. The van der Waals surface area contributed by atoms with Crippen LogP contribution in [0.15, 0.2) is 60.0 Å². The summed E-state index contributed by atoms with van der Waals surface area (Å²) in [6, 6.07) is 16.8. The van der Waals surface area contributed by atoms with Crippen LogP contribution in [0.25, 0.3) is 0 Å². The minimum atomic E-state index is -0.474. The Balaban J connectivity index is 1.81. The first kappa shape index (κ1) is 47.5. The van der Waals surface area contributed by atoms with E-state index in [-0.39, 0.29) is 60.7 Å². The van der Waals surface area contributed by atoms with Crippen molar-refractivity contribution in [2.24, 2.45) is 23.5 Å². The average Bonchev–Trinajstić information content (AvgIpc) is 3.71. The molecule has 0 spiro atoms. The van der Waals surface area contributed by atoms with E-state index in [9.17, 15) is 14.4 Å². The molecule has 2 amide bonds. The summed E-state index contributed by atoms with van der Waals surface area (Å²) in [5.41, 5.74) is 7.79. The van der Waals surface area contributed by atoms with Gasteiger partial charge in [-0.05, 0) is 80.7 Å². The Kier molecular flexibility index (Phi) is 21.9. The number of esters is 1. The minimum absolute atomic E-state index is 0.0684. The summed E-state index contributed by atoms with van der Waals surface area (Å²) < 4.78 is 23.7. The average molecular weight is 809 g/mol. The molecule has 0 aliphatic carbocycles. The van der Waals surface area contributed by atoms with E-state index < -0.39 is 12.0 Å². The van der Waals surface area contributed by atoms with Crippen molar-refractivity contribution in [2.75, 3.05) is 33.1 Å². The molecule has 3 N–H and O–H groups in total. The van der Waals surface area contributed by atoms with Crippen LogP contribution in [-0.4, -0.2) is 72.8 Å². The van der Waals surface area contributed by atoms with Crippen molar-refractivity contribution in [3.8, 4) is 5.75 Å². The van der Waals surface area contributed by atoms with Crippen LogP contribution < -0.4 is 15.8 Å². The summed E-state index contributed by atoms with van der Waals surface area (Å²) in [6.45, 7) is 16.9. The number of nitrogens with two attached hydrogens (primary N) is 1. The fraction of sp³-hybridized carbons (Fsp3) is 0.600. The Morgan fingerprint density at radius 1 is 0.912 bits per heavy atom. The number of hydrogen-bond acceptors (Lipinski definition) is 10. The number of amides is 2. The van der Waals surface area contributed by atoms with Crippen molar-refractivity contribution in [2.45, 2.75) is 125 Å². The first-order chi connectivity index (χ1) is 27.5. The van der Waals surface area contributed by atoms with Gasteiger partial charge >= 0.3 is 5.97 Å². The fourth-order valence-corrected chi connectivity index (χ4v) is 7.27. The lowest BCUT2D eigenvalue weighted by Gasteiger charge is -2.36. The van der Waals surface area contributed by atoms with Gasteiger partial charge in [-0.1, -0.05) is 90.4 Å². The Hall–Kier alpha value is -3.84. The summed E-state index contributed by atoms with van der Waals surface area (Å²) in [4.78, 5) is 47.4. The van der Waals surface area contributed by atoms with Crippen LogP contribution >= 0.6 is 11.3 Å². The minimum Gasteiger partial charge on any atom is -0.494 e. The number of unbranched alkanes of at least 4 members (excludes halogenated alkanes) is 1. The van der Waals surface area contributed by atoms with Gasteiger partial charge in [-0.2, -0.15) is 0 Å². The van der Waals surface area contributed by atoms with Gasteiger partial charge in [0, 0.05) is 43.5 Å². The molecule has 12 heteroatoms. The van der Waals surface area contributed by atoms with E-state index in [1.807, 2.05) is 73.3 Å². The van der Waals surface area contributed by atoms with Crippen molar-refractivity contribution in [1.29, 1.82) is 0 Å². The zero-order valence-electron chi connectivity index (χ0n) is 35.4. The molecule has 3 rings (SSSR count). The maximum atomic E-state index is 13.9. The quantitative estimate of drug-likeness (QED) is 0.0420. The highest BCUT2D eigenvalue weighted by molar-refractivity contribution is 7.09. The fourth-order valence-electron chi connectivity index (χ4n) is 6.41. The summed E-state index contributed by atoms with van der Waals surface area (Å²) in [7, 11) is 0. The van der Waals surface area contributed by atoms with Crippen LogP contribution in [0.5, 0.6) is 5.75 Å². The zero-order chi connectivity index (χ0) is 41.6. The molecule has 57 heavy (non-hydrogen) atoms. The largest absolute Gasteiger partial charge is 0.494 e. The van der Waals surface area contributed by atoms with Crippen molar-refractivity contribution < 1.29 is 33.3 Å². The summed E-state index contributed by atoms with van der Waals surface area (Å²) in [6.07, 6.45) is 4.93. The second-order valence-electron chi connectivity index (χ2n) is 15.3. The van der Waals surface area contributed by atoms with E-state index in [0.717, 1.165) is 42.6 Å². The molecule has 1 heterocycles. The van der Waals surface area contributed by atoms with Crippen molar-refractivity contribution in [1.82, 2.24) is 15.2 Å². The van der Waals surface area contributed by atoms with Gasteiger partial charge in [0.1, 0.15) is 35.9 Å². The molecule has 2 aromatic carbocycles. The summed E-state index contributed by atoms with van der Waals surface area (Å²) in [5.74, 6) is 0.0932. The van der Waals surface area contributed by atoms with Crippen LogP contribution in [-0.2, 0) is 36.8 Å². The molecule has 0 saturated heterocycles. The van der Waals surface area contributed by atoms with E-state index in [1.165, 1.54) is 11.3 Å². The third kappa shape index (κ3) is 16.9. The van der Waals surface area contributed by atoms with E-state index in [0.29, 0.717) is 57.1 Å². The predicted octanol–water partition coefficient (Wildman–Crippen LogP) is 8.51. The predicted molar refractivity (Wildman–Crippen MR) is 227 cm³/mol. The second kappa shape index (κ2) is 26.2. The van der Waals surface area contributed by atoms with Crippen LogP contribution in [0.2, 0.25) is 0 Å². The lowest BCUT2D eigenvalue weighted by Crippen LogP contribution is -2.46. The topological polar surface area (TPSA) is 142 Å². The number of carbonyl (C=O) groups is 3. The molecule has 1 aromatic heterocycles. The molecule has 0 fully saturated rings. The summed E-state index contributed by atoms with van der Waals surface area (Å²) in [5, 5.41) is 5.62.